The Morgan fingerprint density at radius 2 is 2.00 bits per heavy atom. The standard InChI is InChI=1S/C14H12N4O/c15-11-2-1-3-12(6-11)19-13-4-5-16-14(7-13)10-8-17-18-9-10/h1-9H,15H2,(H,17,18). The molecule has 5 nitrogen and oxygen atoms in total. The first-order valence-electron chi connectivity index (χ1n) is 5.80. The summed E-state index contributed by atoms with van der Waals surface area (Å²) >= 11 is 0. The smallest absolute Gasteiger partial charge is 0.131 e. The molecule has 3 aromatic rings. The molecule has 2 heterocycles. The van der Waals surface area contributed by atoms with Crippen LogP contribution in [-0.2, 0) is 0 Å². The second-order valence-corrected chi connectivity index (χ2v) is 4.04. The van der Waals surface area contributed by atoms with E-state index < -0.39 is 0 Å². The molecule has 2 aromatic heterocycles. The summed E-state index contributed by atoms with van der Waals surface area (Å²) in [5.74, 6) is 1.40. The number of aromatic nitrogens is 3. The van der Waals surface area contributed by atoms with Crippen LogP contribution in [0.2, 0.25) is 0 Å². The summed E-state index contributed by atoms with van der Waals surface area (Å²) in [6, 6.07) is 11.0. The topological polar surface area (TPSA) is 76.8 Å². The van der Waals surface area contributed by atoms with Gasteiger partial charge in [-0.1, -0.05) is 6.07 Å². The van der Waals surface area contributed by atoms with Gasteiger partial charge >= 0.3 is 0 Å². The van der Waals surface area contributed by atoms with Crippen LogP contribution >= 0.6 is 0 Å². The summed E-state index contributed by atoms with van der Waals surface area (Å²) in [4.78, 5) is 4.28. The number of anilines is 1. The van der Waals surface area contributed by atoms with Crippen LogP contribution in [0.25, 0.3) is 11.3 Å². The predicted molar refractivity (Wildman–Crippen MR) is 72.7 cm³/mol. The summed E-state index contributed by atoms with van der Waals surface area (Å²) < 4.78 is 5.75. The van der Waals surface area contributed by atoms with E-state index in [1.165, 1.54) is 0 Å². The highest BCUT2D eigenvalue weighted by atomic mass is 16.5. The molecule has 0 amide bonds. The molecule has 3 rings (SSSR count). The Kier molecular flexibility index (Phi) is 2.86. The van der Waals surface area contributed by atoms with Gasteiger partial charge in [-0.2, -0.15) is 5.10 Å². The summed E-state index contributed by atoms with van der Waals surface area (Å²) in [7, 11) is 0. The van der Waals surface area contributed by atoms with Crippen LogP contribution in [0.15, 0.2) is 55.0 Å². The van der Waals surface area contributed by atoms with E-state index in [2.05, 4.69) is 15.2 Å². The van der Waals surface area contributed by atoms with Crippen LogP contribution in [0.4, 0.5) is 5.69 Å². The fraction of sp³-hybridized carbons (Fsp3) is 0. The lowest BCUT2D eigenvalue weighted by atomic mass is 10.2. The number of nitrogen functional groups attached to an aromatic ring is 1. The molecule has 0 saturated heterocycles. The Balaban J connectivity index is 1.88. The van der Waals surface area contributed by atoms with Gasteiger partial charge in [-0.05, 0) is 18.2 Å². The van der Waals surface area contributed by atoms with E-state index >= 15 is 0 Å². The number of ether oxygens (including phenoxy) is 1. The average molecular weight is 252 g/mol. The second-order valence-electron chi connectivity index (χ2n) is 4.04. The van der Waals surface area contributed by atoms with E-state index in [-0.39, 0.29) is 0 Å². The van der Waals surface area contributed by atoms with E-state index in [0.717, 1.165) is 11.3 Å². The average Bonchev–Trinajstić information content (AvgIpc) is 2.93. The van der Waals surface area contributed by atoms with Crippen molar-refractivity contribution in [3.8, 4) is 22.8 Å². The number of nitrogens with one attached hydrogen (secondary N) is 1. The lowest BCUT2D eigenvalue weighted by Gasteiger charge is -2.07. The molecule has 5 heteroatoms. The van der Waals surface area contributed by atoms with Crippen molar-refractivity contribution in [2.45, 2.75) is 0 Å². The molecule has 1 aromatic carbocycles. The molecule has 0 aliphatic heterocycles. The Labute approximate surface area is 110 Å². The van der Waals surface area contributed by atoms with E-state index in [1.807, 2.05) is 24.3 Å². The highest BCUT2D eigenvalue weighted by Gasteiger charge is 2.03. The third-order valence-corrected chi connectivity index (χ3v) is 2.62. The van der Waals surface area contributed by atoms with Crippen molar-refractivity contribution in [2.75, 3.05) is 5.73 Å². The number of H-pyrrole nitrogens is 1. The fourth-order valence-electron chi connectivity index (χ4n) is 1.74. The van der Waals surface area contributed by atoms with Crippen LogP contribution in [0, 0.1) is 0 Å². The number of pyridine rings is 1. The number of hydrogen-bond acceptors (Lipinski definition) is 4. The summed E-state index contributed by atoms with van der Waals surface area (Å²) in [6.07, 6.45) is 5.20. The number of rotatable bonds is 3. The molecular formula is C14H12N4O. The number of nitrogens with zero attached hydrogens (tertiary/aromatic N) is 2. The van der Waals surface area contributed by atoms with Gasteiger partial charge in [-0.3, -0.25) is 10.1 Å². The Morgan fingerprint density at radius 1 is 1.11 bits per heavy atom. The number of hydrogen-bond donors (Lipinski definition) is 2. The maximum absolute atomic E-state index is 5.75. The van der Waals surface area contributed by atoms with E-state index in [4.69, 9.17) is 10.5 Å². The van der Waals surface area contributed by atoms with Crippen molar-refractivity contribution in [2.24, 2.45) is 0 Å². The lowest BCUT2D eigenvalue weighted by Crippen LogP contribution is -1.89. The molecule has 0 aliphatic rings. The minimum absolute atomic E-state index is 0.668. The third-order valence-electron chi connectivity index (χ3n) is 2.62. The molecule has 0 atom stereocenters. The molecule has 0 bridgehead atoms. The molecule has 0 radical (unpaired) electrons. The number of benzene rings is 1. The SMILES string of the molecule is Nc1cccc(Oc2ccnc(-c3cn[nH]c3)c2)c1. The normalized spacial score (nSPS) is 10.3. The Bertz CT molecular complexity index is 679. The first-order chi connectivity index (χ1) is 9.31. The Hall–Kier alpha value is -2.82. The quantitative estimate of drug-likeness (QED) is 0.703. The van der Waals surface area contributed by atoms with E-state index in [0.29, 0.717) is 17.2 Å². The maximum atomic E-state index is 5.75. The zero-order valence-corrected chi connectivity index (χ0v) is 10.1. The van der Waals surface area contributed by atoms with Gasteiger partial charge in [0.2, 0.25) is 0 Å². The first-order valence-corrected chi connectivity index (χ1v) is 5.80. The van der Waals surface area contributed by atoms with Crippen LogP contribution in [0.1, 0.15) is 0 Å². The molecule has 3 N–H and O–H groups in total. The van der Waals surface area contributed by atoms with Crippen molar-refractivity contribution in [1.82, 2.24) is 15.2 Å². The molecule has 0 saturated carbocycles. The van der Waals surface area contributed by atoms with Gasteiger partial charge in [0.05, 0.1) is 11.9 Å². The highest BCUT2D eigenvalue weighted by molar-refractivity contribution is 5.58. The third kappa shape index (κ3) is 2.55. The highest BCUT2D eigenvalue weighted by Crippen LogP contribution is 2.26. The zero-order valence-electron chi connectivity index (χ0n) is 10.1. The minimum Gasteiger partial charge on any atom is -0.457 e. The lowest BCUT2D eigenvalue weighted by molar-refractivity contribution is 0.482. The van der Waals surface area contributed by atoms with Gasteiger partial charge in [-0.25, -0.2) is 0 Å². The van der Waals surface area contributed by atoms with Crippen LogP contribution in [0.3, 0.4) is 0 Å². The molecule has 0 spiro atoms. The monoisotopic (exact) mass is 252 g/mol. The minimum atomic E-state index is 0.668. The van der Waals surface area contributed by atoms with Gasteiger partial charge in [0.1, 0.15) is 11.5 Å². The summed E-state index contributed by atoms with van der Waals surface area (Å²) in [5, 5.41) is 6.66. The van der Waals surface area contributed by atoms with Crippen molar-refractivity contribution in [3.63, 3.8) is 0 Å². The Morgan fingerprint density at radius 3 is 2.79 bits per heavy atom. The van der Waals surface area contributed by atoms with Gasteiger partial charge in [0.25, 0.3) is 0 Å². The van der Waals surface area contributed by atoms with Gasteiger partial charge in [-0.15, -0.1) is 0 Å². The second kappa shape index (κ2) is 4.81. The molecule has 0 unspecified atom stereocenters. The zero-order chi connectivity index (χ0) is 13.1. The summed E-state index contributed by atoms with van der Waals surface area (Å²) in [6.45, 7) is 0. The van der Waals surface area contributed by atoms with E-state index in [1.54, 1.807) is 30.7 Å². The van der Waals surface area contributed by atoms with Gasteiger partial charge in [0, 0.05) is 35.8 Å². The maximum Gasteiger partial charge on any atom is 0.131 e. The van der Waals surface area contributed by atoms with Crippen molar-refractivity contribution in [3.05, 3.63) is 55.0 Å². The fourth-order valence-corrected chi connectivity index (χ4v) is 1.74. The van der Waals surface area contributed by atoms with Crippen molar-refractivity contribution < 1.29 is 4.74 Å². The predicted octanol–water partition coefficient (Wildman–Crippen LogP) is 2.85. The van der Waals surface area contributed by atoms with Crippen LogP contribution in [-0.4, -0.2) is 15.2 Å². The molecule has 0 fully saturated rings. The van der Waals surface area contributed by atoms with Crippen molar-refractivity contribution >= 4 is 5.69 Å². The molecule has 0 aliphatic carbocycles. The molecule has 94 valence electrons. The van der Waals surface area contributed by atoms with Crippen LogP contribution in [0.5, 0.6) is 11.5 Å². The van der Waals surface area contributed by atoms with Crippen molar-refractivity contribution in [1.29, 1.82) is 0 Å². The first kappa shape index (κ1) is 11.3. The number of nitrogens with two attached hydrogens (primary N) is 1. The molecular weight excluding hydrogens is 240 g/mol. The summed E-state index contributed by atoms with van der Waals surface area (Å²) in [5.41, 5.74) is 8.10. The number of aromatic amines is 1. The largest absolute Gasteiger partial charge is 0.457 e. The van der Waals surface area contributed by atoms with E-state index in [9.17, 15) is 0 Å². The van der Waals surface area contributed by atoms with Gasteiger partial charge < -0.3 is 10.5 Å². The van der Waals surface area contributed by atoms with Gasteiger partial charge in [0.15, 0.2) is 0 Å². The molecule has 19 heavy (non-hydrogen) atoms. The van der Waals surface area contributed by atoms with Crippen LogP contribution < -0.4 is 10.5 Å².